The van der Waals surface area contributed by atoms with Crippen LogP contribution in [0.15, 0.2) is 36.9 Å². The highest BCUT2D eigenvalue weighted by Crippen LogP contribution is 2.24. The normalized spacial score (nSPS) is 11.2. The van der Waals surface area contributed by atoms with E-state index in [0.29, 0.717) is 22.3 Å². The van der Waals surface area contributed by atoms with Gasteiger partial charge in [0, 0.05) is 17.6 Å². The van der Waals surface area contributed by atoms with Gasteiger partial charge in [-0.3, -0.25) is 4.79 Å². The molecule has 0 aromatic heterocycles. The highest BCUT2D eigenvalue weighted by molar-refractivity contribution is 6.02. The summed E-state index contributed by atoms with van der Waals surface area (Å²) in [5.74, 6) is -0.509. The van der Waals surface area contributed by atoms with Crippen LogP contribution in [0.4, 0.5) is 0 Å². The van der Waals surface area contributed by atoms with Gasteiger partial charge >= 0.3 is 5.97 Å². The molecule has 130 valence electrons. The molecule has 4 nitrogen and oxygen atoms in total. The van der Waals surface area contributed by atoms with Crippen molar-refractivity contribution >= 4 is 17.4 Å². The number of carbonyl (C=O) groups excluding carboxylic acids is 2. The zero-order chi connectivity index (χ0) is 18.4. The smallest absolute Gasteiger partial charge is 0.337 e. The Morgan fingerprint density at radius 2 is 1.71 bits per heavy atom. The largest absolute Gasteiger partial charge is 0.465 e. The van der Waals surface area contributed by atoms with Gasteiger partial charge in [0.25, 0.3) is 5.91 Å². The molecule has 0 N–H and O–H groups in total. The molecule has 4 heteroatoms. The minimum atomic E-state index is -0.437. The van der Waals surface area contributed by atoms with Crippen LogP contribution in [-0.2, 0) is 4.74 Å². The maximum Gasteiger partial charge on any atom is 0.337 e. The topological polar surface area (TPSA) is 46.6 Å². The number of methoxy groups -OCH3 is 1. The average Bonchev–Trinajstić information content (AvgIpc) is 2.52. The molecule has 0 spiro atoms. The van der Waals surface area contributed by atoms with Crippen molar-refractivity contribution in [1.29, 1.82) is 0 Å². The number of benzene rings is 1. The van der Waals surface area contributed by atoms with Gasteiger partial charge in [-0.2, -0.15) is 0 Å². The summed E-state index contributed by atoms with van der Waals surface area (Å²) in [6.45, 7) is 13.9. The van der Waals surface area contributed by atoms with Crippen molar-refractivity contribution in [3.63, 3.8) is 0 Å². The van der Waals surface area contributed by atoms with E-state index in [1.54, 1.807) is 18.2 Å². The second-order valence-electron chi connectivity index (χ2n) is 6.18. The first-order valence-electron chi connectivity index (χ1n) is 8.11. The predicted molar refractivity (Wildman–Crippen MR) is 98.1 cm³/mol. The molecule has 0 aliphatic carbocycles. The molecule has 24 heavy (non-hydrogen) atoms. The molecule has 0 fully saturated rings. The number of hydrogen-bond donors (Lipinski definition) is 0. The summed E-state index contributed by atoms with van der Waals surface area (Å²) in [7, 11) is 1.33. The summed E-state index contributed by atoms with van der Waals surface area (Å²) in [6.07, 6.45) is 3.67. The summed E-state index contributed by atoms with van der Waals surface area (Å²) in [4.78, 5) is 26.7. The standard InChI is InChI=1S/C20H27NO3/c1-8-9-15(6)18-12-16(20(23)24-7)10-11-17(18)19(22)21(13(2)3)14(4)5/h8-14H,6H2,1-5,7H3/b9-8-. The van der Waals surface area contributed by atoms with Crippen molar-refractivity contribution < 1.29 is 14.3 Å². The Balaban J connectivity index is 3.48. The number of hydrogen-bond acceptors (Lipinski definition) is 3. The van der Waals surface area contributed by atoms with Gasteiger partial charge in [-0.25, -0.2) is 4.79 Å². The van der Waals surface area contributed by atoms with Gasteiger partial charge in [-0.15, -0.1) is 0 Å². The maximum atomic E-state index is 13.1. The van der Waals surface area contributed by atoms with E-state index in [2.05, 4.69) is 6.58 Å². The first-order chi connectivity index (χ1) is 11.2. The van der Waals surface area contributed by atoms with Gasteiger partial charge in [0.05, 0.1) is 12.7 Å². The maximum absolute atomic E-state index is 13.1. The van der Waals surface area contributed by atoms with Crippen LogP contribution in [0.5, 0.6) is 0 Å². The second-order valence-corrected chi connectivity index (χ2v) is 6.18. The van der Waals surface area contributed by atoms with Gasteiger partial charge in [0.1, 0.15) is 0 Å². The summed E-state index contributed by atoms with van der Waals surface area (Å²) >= 11 is 0. The monoisotopic (exact) mass is 329 g/mol. The van der Waals surface area contributed by atoms with Crippen molar-refractivity contribution in [3.05, 3.63) is 53.6 Å². The molecule has 1 amide bonds. The SMILES string of the molecule is C=C(/C=C\C)c1cc(C(=O)OC)ccc1C(=O)N(C(C)C)C(C)C. The summed E-state index contributed by atoms with van der Waals surface area (Å²) in [5, 5.41) is 0. The Bertz CT molecular complexity index is 649. The van der Waals surface area contributed by atoms with Crippen molar-refractivity contribution in [2.45, 2.75) is 46.7 Å². The van der Waals surface area contributed by atoms with E-state index in [1.807, 2.05) is 51.7 Å². The van der Waals surface area contributed by atoms with E-state index < -0.39 is 5.97 Å². The quantitative estimate of drug-likeness (QED) is 0.577. The fourth-order valence-corrected chi connectivity index (χ4v) is 2.74. The van der Waals surface area contributed by atoms with Crippen LogP contribution in [0.1, 0.15) is 60.9 Å². The number of amides is 1. The van der Waals surface area contributed by atoms with Crippen molar-refractivity contribution in [1.82, 2.24) is 4.90 Å². The number of nitrogens with zero attached hydrogens (tertiary/aromatic N) is 1. The molecule has 1 rings (SSSR count). The lowest BCUT2D eigenvalue weighted by molar-refractivity contribution is 0.0596. The highest BCUT2D eigenvalue weighted by atomic mass is 16.5. The Morgan fingerprint density at radius 1 is 1.12 bits per heavy atom. The average molecular weight is 329 g/mol. The van der Waals surface area contributed by atoms with E-state index in [0.717, 1.165) is 0 Å². The summed E-state index contributed by atoms with van der Waals surface area (Å²) in [5.41, 5.74) is 2.26. The molecule has 0 atom stereocenters. The second kappa shape index (κ2) is 8.48. The molecule has 0 bridgehead atoms. The van der Waals surface area contributed by atoms with Gasteiger partial charge in [-0.05, 0) is 64.0 Å². The van der Waals surface area contributed by atoms with E-state index in [9.17, 15) is 9.59 Å². The number of allylic oxidation sites excluding steroid dienone is 3. The third-order valence-corrected chi connectivity index (χ3v) is 3.73. The molecule has 0 unspecified atom stereocenters. The molecule has 1 aromatic rings. The zero-order valence-electron chi connectivity index (χ0n) is 15.4. The third kappa shape index (κ3) is 4.34. The predicted octanol–water partition coefficient (Wildman–Crippen LogP) is 4.32. The molecular formula is C20H27NO3. The van der Waals surface area contributed by atoms with Crippen molar-refractivity contribution in [2.75, 3.05) is 7.11 Å². The van der Waals surface area contributed by atoms with Crippen LogP contribution in [0.25, 0.3) is 5.57 Å². The van der Waals surface area contributed by atoms with Crippen LogP contribution in [0.2, 0.25) is 0 Å². The number of ether oxygens (including phenoxy) is 1. The van der Waals surface area contributed by atoms with E-state index in [4.69, 9.17) is 4.74 Å². The number of carbonyl (C=O) groups is 2. The van der Waals surface area contributed by atoms with E-state index in [1.165, 1.54) is 7.11 Å². The van der Waals surface area contributed by atoms with Gasteiger partial charge in [-0.1, -0.05) is 18.7 Å². The number of rotatable bonds is 6. The van der Waals surface area contributed by atoms with Gasteiger partial charge in [0.15, 0.2) is 0 Å². The fraction of sp³-hybridized carbons (Fsp3) is 0.400. The first kappa shape index (κ1) is 19.7. The Labute approximate surface area is 144 Å². The molecular weight excluding hydrogens is 302 g/mol. The lowest BCUT2D eigenvalue weighted by Crippen LogP contribution is -2.42. The van der Waals surface area contributed by atoms with Crippen LogP contribution in [0.3, 0.4) is 0 Å². The molecule has 0 aliphatic heterocycles. The molecule has 1 aromatic carbocycles. The van der Waals surface area contributed by atoms with Crippen molar-refractivity contribution in [3.8, 4) is 0 Å². The van der Waals surface area contributed by atoms with Gasteiger partial charge in [0.2, 0.25) is 0 Å². The number of esters is 1. The summed E-state index contributed by atoms with van der Waals surface area (Å²) in [6, 6.07) is 5.10. The fourth-order valence-electron chi connectivity index (χ4n) is 2.74. The molecule has 0 saturated carbocycles. The van der Waals surface area contributed by atoms with E-state index in [-0.39, 0.29) is 18.0 Å². The minimum absolute atomic E-state index is 0.0700. The highest BCUT2D eigenvalue weighted by Gasteiger charge is 2.25. The molecule has 0 radical (unpaired) electrons. The summed E-state index contributed by atoms with van der Waals surface area (Å²) < 4.78 is 4.77. The van der Waals surface area contributed by atoms with Crippen LogP contribution in [0, 0.1) is 0 Å². The van der Waals surface area contributed by atoms with Crippen LogP contribution < -0.4 is 0 Å². The zero-order valence-corrected chi connectivity index (χ0v) is 15.4. The van der Waals surface area contributed by atoms with Gasteiger partial charge < -0.3 is 9.64 Å². The first-order valence-corrected chi connectivity index (χ1v) is 8.11. The third-order valence-electron chi connectivity index (χ3n) is 3.73. The van der Waals surface area contributed by atoms with E-state index >= 15 is 0 Å². The Morgan fingerprint density at radius 3 is 2.17 bits per heavy atom. The lowest BCUT2D eigenvalue weighted by atomic mass is 9.96. The molecule has 0 saturated heterocycles. The Hall–Kier alpha value is -2.36. The molecule has 0 heterocycles. The molecule has 0 aliphatic rings. The van der Waals surface area contributed by atoms with Crippen molar-refractivity contribution in [2.24, 2.45) is 0 Å². The van der Waals surface area contributed by atoms with Crippen LogP contribution >= 0.6 is 0 Å². The minimum Gasteiger partial charge on any atom is -0.465 e. The lowest BCUT2D eigenvalue weighted by Gasteiger charge is -2.31. The Kier molecular flexibility index (Phi) is 6.96. The van der Waals surface area contributed by atoms with Crippen LogP contribution in [-0.4, -0.2) is 36.0 Å².